The number of amides is 1. The topological polar surface area (TPSA) is 55.4 Å². The Morgan fingerprint density at radius 1 is 1.45 bits per heavy atom. The Morgan fingerprint density at radius 3 is 2.91 bits per heavy atom. The van der Waals surface area contributed by atoms with Crippen molar-refractivity contribution >= 4 is 11.9 Å². The number of carbonyl (C=O) groups excluding carboxylic acids is 2. The second kappa shape index (κ2) is 3.37. The summed E-state index contributed by atoms with van der Waals surface area (Å²) in [5.74, 6) is -0.360. The van der Waals surface area contributed by atoms with E-state index < -0.39 is 0 Å². The Hall–Kier alpha value is -1.06. The van der Waals surface area contributed by atoms with Gasteiger partial charge in [0.15, 0.2) is 0 Å². The average Bonchev–Trinajstić information content (AvgIpc) is 1.95. The smallest absolute Gasteiger partial charge is 0.306 e. The standard InChI is InChI=1S/C7H11NO3/c1-5-4-8-6(9)2-3-7(10)11-5/h5H,2-4H2,1H3,(H,8,9). The van der Waals surface area contributed by atoms with Crippen molar-refractivity contribution < 1.29 is 14.3 Å². The molecule has 1 atom stereocenters. The summed E-state index contributed by atoms with van der Waals surface area (Å²) in [6.07, 6.45) is 0.230. The average molecular weight is 157 g/mol. The molecule has 1 aliphatic heterocycles. The van der Waals surface area contributed by atoms with Gasteiger partial charge in [0.1, 0.15) is 6.10 Å². The van der Waals surface area contributed by atoms with Gasteiger partial charge in [-0.1, -0.05) is 0 Å². The number of ether oxygens (including phenoxy) is 1. The molecular weight excluding hydrogens is 146 g/mol. The number of esters is 1. The molecule has 1 rings (SSSR count). The van der Waals surface area contributed by atoms with Crippen molar-refractivity contribution in [1.82, 2.24) is 5.32 Å². The van der Waals surface area contributed by atoms with Crippen molar-refractivity contribution in [3.63, 3.8) is 0 Å². The second-order valence-electron chi connectivity index (χ2n) is 2.60. The van der Waals surface area contributed by atoms with Crippen molar-refractivity contribution in [2.75, 3.05) is 6.54 Å². The van der Waals surface area contributed by atoms with Crippen LogP contribution in [0.25, 0.3) is 0 Å². The Bertz CT molecular complexity index is 179. The monoisotopic (exact) mass is 157 g/mol. The molecule has 0 aliphatic carbocycles. The zero-order valence-electron chi connectivity index (χ0n) is 6.42. The molecule has 1 fully saturated rings. The van der Waals surface area contributed by atoms with E-state index in [-0.39, 0.29) is 30.8 Å². The summed E-state index contributed by atoms with van der Waals surface area (Å²) in [4.78, 5) is 21.6. The van der Waals surface area contributed by atoms with Gasteiger partial charge in [-0.25, -0.2) is 0 Å². The first-order chi connectivity index (χ1) is 5.18. The van der Waals surface area contributed by atoms with Gasteiger partial charge in [-0.15, -0.1) is 0 Å². The first-order valence-corrected chi connectivity index (χ1v) is 3.64. The minimum atomic E-state index is -0.285. The van der Waals surface area contributed by atoms with Crippen LogP contribution >= 0.6 is 0 Å². The van der Waals surface area contributed by atoms with E-state index in [0.717, 1.165) is 0 Å². The Kier molecular flexibility index (Phi) is 2.46. The maximum absolute atomic E-state index is 10.8. The van der Waals surface area contributed by atoms with E-state index in [9.17, 15) is 9.59 Å². The van der Waals surface area contributed by atoms with E-state index in [1.54, 1.807) is 6.92 Å². The van der Waals surface area contributed by atoms with Crippen LogP contribution in [0.5, 0.6) is 0 Å². The fourth-order valence-corrected chi connectivity index (χ4v) is 0.887. The molecule has 0 saturated carbocycles. The predicted octanol–water partition coefficient (Wildman–Crippen LogP) is -0.172. The molecule has 0 radical (unpaired) electrons. The molecule has 4 heteroatoms. The number of hydrogen-bond donors (Lipinski definition) is 1. The highest BCUT2D eigenvalue weighted by atomic mass is 16.5. The van der Waals surface area contributed by atoms with Crippen molar-refractivity contribution in [3.05, 3.63) is 0 Å². The zero-order chi connectivity index (χ0) is 8.27. The summed E-state index contributed by atoms with van der Waals surface area (Å²) in [5, 5.41) is 2.64. The highest BCUT2D eigenvalue weighted by molar-refractivity contribution is 5.81. The Balaban J connectivity index is 2.47. The predicted molar refractivity (Wildman–Crippen MR) is 37.8 cm³/mol. The van der Waals surface area contributed by atoms with Crippen LogP contribution in [-0.4, -0.2) is 24.5 Å². The lowest BCUT2D eigenvalue weighted by Crippen LogP contribution is -2.36. The minimum absolute atomic E-state index is 0.0755. The summed E-state index contributed by atoms with van der Waals surface area (Å²) in [7, 11) is 0. The minimum Gasteiger partial charge on any atom is -0.461 e. The van der Waals surface area contributed by atoms with Crippen LogP contribution in [0.4, 0.5) is 0 Å². The van der Waals surface area contributed by atoms with Gasteiger partial charge < -0.3 is 10.1 Å². The molecule has 1 N–H and O–H groups in total. The highest BCUT2D eigenvalue weighted by Crippen LogP contribution is 2.00. The molecule has 1 saturated heterocycles. The summed E-state index contributed by atoms with van der Waals surface area (Å²) >= 11 is 0. The van der Waals surface area contributed by atoms with Gasteiger partial charge in [-0.3, -0.25) is 9.59 Å². The van der Waals surface area contributed by atoms with Crippen LogP contribution in [0.2, 0.25) is 0 Å². The van der Waals surface area contributed by atoms with Crippen LogP contribution in [0.3, 0.4) is 0 Å². The first-order valence-electron chi connectivity index (χ1n) is 3.64. The van der Waals surface area contributed by atoms with Gasteiger partial charge in [-0.2, -0.15) is 0 Å². The lowest BCUT2D eigenvalue weighted by atomic mass is 10.2. The molecule has 11 heavy (non-hydrogen) atoms. The molecule has 0 aromatic rings. The van der Waals surface area contributed by atoms with Crippen LogP contribution in [0, 0.1) is 0 Å². The molecule has 0 aromatic carbocycles. The van der Waals surface area contributed by atoms with Crippen LogP contribution in [-0.2, 0) is 14.3 Å². The lowest BCUT2D eigenvalue weighted by molar-refractivity contribution is -0.151. The summed E-state index contributed by atoms with van der Waals surface area (Å²) < 4.78 is 4.89. The van der Waals surface area contributed by atoms with E-state index in [1.807, 2.05) is 0 Å². The number of carbonyl (C=O) groups is 2. The van der Waals surface area contributed by atoms with Gasteiger partial charge in [0.05, 0.1) is 13.0 Å². The van der Waals surface area contributed by atoms with Gasteiger partial charge in [-0.05, 0) is 6.92 Å². The summed E-state index contributed by atoms with van der Waals surface area (Å²) in [5.41, 5.74) is 0. The molecule has 1 unspecified atom stereocenters. The third-order valence-corrected chi connectivity index (χ3v) is 1.48. The van der Waals surface area contributed by atoms with Crippen molar-refractivity contribution in [2.45, 2.75) is 25.9 Å². The van der Waals surface area contributed by atoms with Gasteiger partial charge in [0, 0.05) is 6.42 Å². The first kappa shape index (κ1) is 8.04. The van der Waals surface area contributed by atoms with Crippen molar-refractivity contribution in [3.8, 4) is 0 Å². The van der Waals surface area contributed by atoms with Gasteiger partial charge in [0.25, 0.3) is 0 Å². The number of nitrogens with one attached hydrogen (secondary N) is 1. The third-order valence-electron chi connectivity index (χ3n) is 1.48. The number of hydrogen-bond acceptors (Lipinski definition) is 3. The highest BCUT2D eigenvalue weighted by Gasteiger charge is 2.15. The van der Waals surface area contributed by atoms with Gasteiger partial charge >= 0.3 is 5.97 Å². The fourth-order valence-electron chi connectivity index (χ4n) is 0.887. The van der Waals surface area contributed by atoms with Gasteiger partial charge in [0.2, 0.25) is 5.91 Å². The van der Waals surface area contributed by atoms with E-state index >= 15 is 0 Å². The van der Waals surface area contributed by atoms with Crippen LogP contribution in [0.1, 0.15) is 19.8 Å². The van der Waals surface area contributed by atoms with Crippen LogP contribution < -0.4 is 5.32 Å². The SMILES string of the molecule is CC1CNC(=O)CCC(=O)O1. The molecule has 62 valence electrons. The quantitative estimate of drug-likeness (QED) is 0.496. The maximum Gasteiger partial charge on any atom is 0.306 e. The Labute approximate surface area is 64.9 Å². The molecule has 0 bridgehead atoms. The molecule has 1 aliphatic rings. The molecular formula is C7H11NO3. The maximum atomic E-state index is 10.8. The summed E-state index contributed by atoms with van der Waals surface area (Å²) in [6, 6.07) is 0. The molecule has 4 nitrogen and oxygen atoms in total. The number of cyclic esters (lactones) is 1. The van der Waals surface area contributed by atoms with E-state index in [2.05, 4.69) is 5.32 Å². The third kappa shape index (κ3) is 2.57. The molecule has 1 amide bonds. The zero-order valence-corrected chi connectivity index (χ0v) is 6.42. The van der Waals surface area contributed by atoms with E-state index in [0.29, 0.717) is 6.54 Å². The Morgan fingerprint density at radius 2 is 2.18 bits per heavy atom. The molecule has 0 spiro atoms. The fraction of sp³-hybridized carbons (Fsp3) is 0.714. The van der Waals surface area contributed by atoms with Crippen molar-refractivity contribution in [1.29, 1.82) is 0 Å². The summed E-state index contributed by atoms with van der Waals surface area (Å²) in [6.45, 7) is 2.17. The van der Waals surface area contributed by atoms with E-state index in [4.69, 9.17) is 4.74 Å². The second-order valence-corrected chi connectivity index (χ2v) is 2.60. The molecule has 0 aromatic heterocycles. The van der Waals surface area contributed by atoms with E-state index in [1.165, 1.54) is 0 Å². The normalized spacial score (nSPS) is 26.5. The van der Waals surface area contributed by atoms with Crippen molar-refractivity contribution in [2.24, 2.45) is 0 Å². The van der Waals surface area contributed by atoms with Crippen LogP contribution in [0.15, 0.2) is 0 Å². The molecule has 1 heterocycles. The largest absolute Gasteiger partial charge is 0.461 e. The lowest BCUT2D eigenvalue weighted by Gasteiger charge is -2.16. The number of rotatable bonds is 0.